The van der Waals surface area contributed by atoms with E-state index in [1.54, 1.807) is 0 Å². The van der Waals surface area contributed by atoms with Crippen molar-refractivity contribution in [1.82, 2.24) is 9.47 Å². The molecule has 2 aromatic carbocycles. The normalized spacial score (nSPS) is 15.5. The van der Waals surface area contributed by atoms with Crippen molar-refractivity contribution in [2.45, 2.75) is 38.8 Å². The summed E-state index contributed by atoms with van der Waals surface area (Å²) in [5.41, 5.74) is 6.21. The quantitative estimate of drug-likeness (QED) is 0.670. The molecule has 1 N–H and O–H groups in total. The van der Waals surface area contributed by atoms with E-state index in [9.17, 15) is 9.90 Å². The van der Waals surface area contributed by atoms with Gasteiger partial charge in [0.15, 0.2) is 0 Å². The lowest BCUT2D eigenvalue weighted by Crippen LogP contribution is -2.28. The average Bonchev–Trinajstić information content (AvgIpc) is 2.94. The van der Waals surface area contributed by atoms with E-state index < -0.39 is 5.97 Å². The molecule has 0 spiro atoms. The van der Waals surface area contributed by atoms with Crippen LogP contribution >= 0.6 is 11.6 Å². The van der Waals surface area contributed by atoms with Crippen LogP contribution in [0.4, 0.5) is 0 Å². The Labute approximate surface area is 170 Å². The zero-order chi connectivity index (χ0) is 19.8. The summed E-state index contributed by atoms with van der Waals surface area (Å²) in [6, 6.07) is 14.2. The number of fused-ring (bicyclic) bond motifs is 3. The molecule has 0 bridgehead atoms. The van der Waals surface area contributed by atoms with Gasteiger partial charge in [-0.05, 0) is 55.8 Å². The van der Waals surface area contributed by atoms with E-state index in [-0.39, 0.29) is 12.3 Å². The fourth-order valence-electron chi connectivity index (χ4n) is 4.35. The first-order chi connectivity index (χ1) is 13.4. The number of nitrogens with zero attached hydrogens (tertiary/aromatic N) is 2. The number of carboxylic acids is 1. The van der Waals surface area contributed by atoms with Crippen molar-refractivity contribution in [2.75, 3.05) is 13.6 Å². The maximum Gasteiger partial charge on any atom is 0.304 e. The molecule has 1 aromatic heterocycles. The van der Waals surface area contributed by atoms with E-state index in [0.29, 0.717) is 11.6 Å². The van der Waals surface area contributed by atoms with Crippen LogP contribution in [0, 0.1) is 6.92 Å². The summed E-state index contributed by atoms with van der Waals surface area (Å²) < 4.78 is 2.35. The molecular formula is C23H25ClN2O2. The third kappa shape index (κ3) is 3.67. The lowest BCUT2D eigenvalue weighted by molar-refractivity contribution is -0.137. The van der Waals surface area contributed by atoms with Gasteiger partial charge in [0.1, 0.15) is 0 Å². The summed E-state index contributed by atoms with van der Waals surface area (Å²) in [5, 5.41) is 11.5. The molecule has 1 aliphatic rings. The molecule has 0 aliphatic carbocycles. The number of aryl methyl sites for hydroxylation is 1. The van der Waals surface area contributed by atoms with E-state index in [2.05, 4.69) is 41.6 Å². The first kappa shape index (κ1) is 19.0. The minimum absolute atomic E-state index is 0.0950. The molecule has 0 fully saturated rings. The summed E-state index contributed by atoms with van der Waals surface area (Å²) in [6.07, 6.45) is 1.13. The number of hydrogen-bond acceptors (Lipinski definition) is 2. The molecule has 1 unspecified atom stereocenters. The Morgan fingerprint density at radius 3 is 2.68 bits per heavy atom. The predicted molar refractivity (Wildman–Crippen MR) is 113 cm³/mol. The van der Waals surface area contributed by atoms with Crippen LogP contribution in [0.15, 0.2) is 42.5 Å². The number of aliphatic carboxylic acids is 1. The fraction of sp³-hybridized carbons (Fsp3) is 0.348. The van der Waals surface area contributed by atoms with Crippen molar-refractivity contribution >= 4 is 28.5 Å². The molecule has 0 amide bonds. The monoisotopic (exact) mass is 396 g/mol. The van der Waals surface area contributed by atoms with Crippen molar-refractivity contribution in [2.24, 2.45) is 0 Å². The number of halogens is 1. The van der Waals surface area contributed by atoms with Crippen LogP contribution in [0.25, 0.3) is 10.9 Å². The molecule has 2 heterocycles. The Kier molecular flexibility index (Phi) is 5.17. The summed E-state index contributed by atoms with van der Waals surface area (Å²) in [5.74, 6) is -0.888. The minimum atomic E-state index is -0.779. The molecule has 4 nitrogen and oxygen atoms in total. The highest BCUT2D eigenvalue weighted by Crippen LogP contribution is 2.34. The van der Waals surface area contributed by atoms with Gasteiger partial charge >= 0.3 is 5.97 Å². The van der Waals surface area contributed by atoms with E-state index in [1.165, 1.54) is 27.7 Å². The maximum atomic E-state index is 11.6. The third-order valence-corrected chi connectivity index (χ3v) is 6.02. The Balaban J connectivity index is 1.81. The fourth-order valence-corrected chi connectivity index (χ4v) is 4.48. The van der Waals surface area contributed by atoms with Gasteiger partial charge in [-0.2, -0.15) is 0 Å². The molecule has 1 atom stereocenters. The number of likely N-dealkylation sites (N-methyl/N-ethyl adjacent to an activating group) is 1. The van der Waals surface area contributed by atoms with Crippen molar-refractivity contribution < 1.29 is 9.90 Å². The highest BCUT2D eigenvalue weighted by atomic mass is 35.5. The number of carbonyl (C=O) groups is 1. The largest absolute Gasteiger partial charge is 0.481 e. The highest BCUT2D eigenvalue weighted by molar-refractivity contribution is 6.30. The molecule has 0 radical (unpaired) electrons. The Morgan fingerprint density at radius 1 is 1.21 bits per heavy atom. The Bertz CT molecular complexity index is 1020. The first-order valence-electron chi connectivity index (χ1n) is 9.69. The second kappa shape index (κ2) is 7.61. The molecule has 1 aliphatic heterocycles. The van der Waals surface area contributed by atoms with Gasteiger partial charge in [-0.25, -0.2) is 0 Å². The SMILES string of the molecule is Cc1ccc2c(c1)c1c(n2CC(CC(=O)O)c2ccc(Cl)cc2)CN(C)CC1. The Hall–Kier alpha value is -2.30. The molecule has 4 rings (SSSR count). The van der Waals surface area contributed by atoms with Gasteiger partial charge < -0.3 is 14.6 Å². The summed E-state index contributed by atoms with van der Waals surface area (Å²) >= 11 is 6.04. The topological polar surface area (TPSA) is 45.5 Å². The van der Waals surface area contributed by atoms with Crippen molar-refractivity contribution in [3.05, 3.63) is 69.9 Å². The minimum Gasteiger partial charge on any atom is -0.481 e. The van der Waals surface area contributed by atoms with Crippen molar-refractivity contribution in [3.63, 3.8) is 0 Å². The van der Waals surface area contributed by atoms with Crippen LogP contribution in [0.5, 0.6) is 0 Å². The molecule has 0 saturated carbocycles. The molecule has 5 heteroatoms. The first-order valence-corrected chi connectivity index (χ1v) is 10.1. The average molecular weight is 397 g/mol. The number of rotatable bonds is 5. The standard InChI is InChI=1S/C23H25ClN2O2/c1-15-3-8-21-20(11-15)19-9-10-25(2)14-22(19)26(21)13-17(12-23(27)28)16-4-6-18(24)7-5-16/h3-8,11,17H,9-10,12-14H2,1-2H3,(H,27,28). The van der Waals surface area contributed by atoms with E-state index in [0.717, 1.165) is 25.1 Å². The molecular weight excluding hydrogens is 372 g/mol. The number of benzene rings is 2. The van der Waals surface area contributed by atoms with Gasteiger partial charge in [0.05, 0.1) is 6.42 Å². The van der Waals surface area contributed by atoms with Crippen LogP contribution in [0.1, 0.15) is 34.7 Å². The van der Waals surface area contributed by atoms with E-state index in [1.807, 2.05) is 24.3 Å². The van der Waals surface area contributed by atoms with E-state index >= 15 is 0 Å². The predicted octanol–water partition coefficient (Wildman–Crippen LogP) is 4.85. The van der Waals surface area contributed by atoms with Crippen LogP contribution in [-0.4, -0.2) is 34.1 Å². The lowest BCUT2D eigenvalue weighted by Gasteiger charge is -2.26. The zero-order valence-corrected chi connectivity index (χ0v) is 17.0. The summed E-state index contributed by atoms with van der Waals surface area (Å²) in [4.78, 5) is 13.9. The van der Waals surface area contributed by atoms with Gasteiger partial charge in [-0.3, -0.25) is 4.79 Å². The van der Waals surface area contributed by atoms with Gasteiger partial charge in [0.2, 0.25) is 0 Å². The molecule has 3 aromatic rings. The van der Waals surface area contributed by atoms with Crippen LogP contribution in [-0.2, 0) is 24.3 Å². The summed E-state index contributed by atoms with van der Waals surface area (Å²) in [6.45, 7) is 4.72. The van der Waals surface area contributed by atoms with Crippen molar-refractivity contribution in [1.29, 1.82) is 0 Å². The third-order valence-electron chi connectivity index (χ3n) is 5.77. The van der Waals surface area contributed by atoms with Gasteiger partial charge in [0, 0.05) is 47.2 Å². The van der Waals surface area contributed by atoms with Crippen molar-refractivity contribution in [3.8, 4) is 0 Å². The van der Waals surface area contributed by atoms with Gasteiger partial charge in [-0.1, -0.05) is 35.4 Å². The highest BCUT2D eigenvalue weighted by Gasteiger charge is 2.25. The van der Waals surface area contributed by atoms with Crippen LogP contribution in [0.2, 0.25) is 5.02 Å². The second-order valence-corrected chi connectivity index (χ2v) is 8.33. The van der Waals surface area contributed by atoms with Gasteiger partial charge in [0.25, 0.3) is 0 Å². The van der Waals surface area contributed by atoms with Gasteiger partial charge in [-0.15, -0.1) is 0 Å². The molecule has 0 saturated heterocycles. The summed E-state index contributed by atoms with van der Waals surface area (Å²) in [7, 11) is 2.14. The smallest absolute Gasteiger partial charge is 0.304 e. The van der Waals surface area contributed by atoms with Crippen LogP contribution in [0.3, 0.4) is 0 Å². The maximum absolute atomic E-state index is 11.6. The number of aromatic nitrogens is 1. The Morgan fingerprint density at radius 2 is 1.96 bits per heavy atom. The zero-order valence-electron chi connectivity index (χ0n) is 16.3. The molecule has 28 heavy (non-hydrogen) atoms. The second-order valence-electron chi connectivity index (χ2n) is 7.89. The lowest BCUT2D eigenvalue weighted by atomic mass is 9.95. The van der Waals surface area contributed by atoms with E-state index in [4.69, 9.17) is 11.6 Å². The van der Waals surface area contributed by atoms with Crippen LogP contribution < -0.4 is 0 Å². The number of carboxylic acid groups (broad SMARTS) is 1. The molecule has 146 valence electrons. The number of hydrogen-bond donors (Lipinski definition) is 1.